The lowest BCUT2D eigenvalue weighted by Crippen LogP contribution is -2.02. The maximum absolute atomic E-state index is 8.89. The highest BCUT2D eigenvalue weighted by Gasteiger charge is 2.12. The highest BCUT2D eigenvalue weighted by atomic mass is 16.6. The van der Waals surface area contributed by atoms with Crippen molar-refractivity contribution in [1.29, 1.82) is 5.39 Å². The van der Waals surface area contributed by atoms with Crippen LogP contribution in [0.5, 0.6) is 0 Å². The summed E-state index contributed by atoms with van der Waals surface area (Å²) in [5.74, 6) is -0.385. The van der Waals surface area contributed by atoms with Crippen LogP contribution in [0.4, 0.5) is 0 Å². The van der Waals surface area contributed by atoms with Gasteiger partial charge in [-0.2, -0.15) is 0 Å². The van der Waals surface area contributed by atoms with E-state index in [0.29, 0.717) is 6.61 Å². The van der Waals surface area contributed by atoms with Gasteiger partial charge >= 0.3 is 11.6 Å². The average molecular weight is 159 g/mol. The number of aliphatic hydroxyl groups excluding tert-OH is 1. The fourth-order valence-electron chi connectivity index (χ4n) is 0.369. The van der Waals surface area contributed by atoms with Crippen LogP contribution in [0.3, 0.4) is 0 Å². The van der Waals surface area contributed by atoms with Crippen molar-refractivity contribution < 1.29 is 14.6 Å². The van der Waals surface area contributed by atoms with Crippen molar-refractivity contribution in [2.45, 2.75) is 6.92 Å². The molecule has 5 heteroatoms. The van der Waals surface area contributed by atoms with Gasteiger partial charge in [-0.1, -0.05) is 0 Å². The molecule has 0 amide bonds. The smallest absolute Gasteiger partial charge is 0.437 e. The monoisotopic (exact) mass is 159 g/mol. The summed E-state index contributed by atoms with van der Waals surface area (Å²) in [6, 6.07) is 0. The Hall–Kier alpha value is -1.28. The third kappa shape index (κ3) is 4.17. The van der Waals surface area contributed by atoms with Crippen molar-refractivity contribution in [3.8, 4) is 0 Å². The second kappa shape index (κ2) is 5.50. The van der Waals surface area contributed by atoms with E-state index in [1.165, 1.54) is 14.0 Å². The molecule has 0 aromatic rings. The first-order valence-electron chi connectivity index (χ1n) is 3.09. The Morgan fingerprint density at radius 3 is 2.64 bits per heavy atom. The van der Waals surface area contributed by atoms with E-state index in [1.807, 2.05) is 0 Å². The van der Waals surface area contributed by atoms with Gasteiger partial charge in [-0.3, -0.25) is 0 Å². The summed E-state index contributed by atoms with van der Waals surface area (Å²) in [6.45, 7) is 2.03. The van der Waals surface area contributed by atoms with Crippen LogP contribution in [0.2, 0.25) is 0 Å². The van der Waals surface area contributed by atoms with E-state index < -0.39 is 0 Å². The summed E-state index contributed by atoms with van der Waals surface area (Å²) in [7, 11) is 1.52. The molecule has 11 heavy (non-hydrogen) atoms. The Morgan fingerprint density at radius 2 is 2.18 bits per heavy atom. The molecule has 0 aliphatic carbocycles. The minimum Gasteiger partial charge on any atom is -0.475 e. The van der Waals surface area contributed by atoms with Gasteiger partial charge in [0.05, 0.1) is 13.5 Å². The van der Waals surface area contributed by atoms with Crippen molar-refractivity contribution in [3.63, 3.8) is 0 Å². The van der Waals surface area contributed by atoms with Gasteiger partial charge < -0.3 is 14.6 Å². The fourth-order valence-corrected chi connectivity index (χ4v) is 0.369. The minimum absolute atomic E-state index is 0.0427. The fraction of sp³-hybridized carbons (Fsp3) is 0.667. The van der Waals surface area contributed by atoms with Gasteiger partial charge in [-0.25, -0.2) is 0 Å². The predicted octanol–water partition coefficient (Wildman–Crippen LogP) is 1.25. The molecule has 0 rings (SSSR count). The maximum Gasteiger partial charge on any atom is 0.437 e. The SMILES string of the molecule is COCCO/C(O)=C(/C)[N+]#N. The normalized spacial score (nSPS) is 11.7. The van der Waals surface area contributed by atoms with E-state index in [4.69, 9.17) is 15.2 Å². The van der Waals surface area contributed by atoms with Crippen molar-refractivity contribution in [1.82, 2.24) is 0 Å². The topological polar surface area (TPSA) is 66.8 Å². The molecule has 0 saturated heterocycles. The van der Waals surface area contributed by atoms with Crippen LogP contribution < -0.4 is 0 Å². The number of methoxy groups -OCH3 is 1. The number of hydrogen-bond donors (Lipinski definition) is 1. The van der Waals surface area contributed by atoms with Crippen molar-refractivity contribution in [2.24, 2.45) is 0 Å². The summed E-state index contributed by atoms with van der Waals surface area (Å²) >= 11 is 0. The number of aliphatic hydroxyl groups is 1. The van der Waals surface area contributed by atoms with E-state index in [1.54, 1.807) is 0 Å². The molecule has 0 radical (unpaired) electrons. The van der Waals surface area contributed by atoms with Crippen molar-refractivity contribution >= 4 is 0 Å². The zero-order chi connectivity index (χ0) is 8.69. The van der Waals surface area contributed by atoms with Crippen LogP contribution in [0.1, 0.15) is 6.92 Å². The highest BCUT2D eigenvalue weighted by molar-refractivity contribution is 5.04. The van der Waals surface area contributed by atoms with E-state index in [9.17, 15) is 0 Å². The van der Waals surface area contributed by atoms with E-state index in [0.717, 1.165) is 0 Å². The van der Waals surface area contributed by atoms with Gasteiger partial charge in [0.25, 0.3) is 0 Å². The molecule has 0 spiro atoms. The maximum atomic E-state index is 8.89. The molecule has 0 bridgehead atoms. The van der Waals surface area contributed by atoms with Crippen LogP contribution in [-0.2, 0) is 9.47 Å². The van der Waals surface area contributed by atoms with Crippen LogP contribution in [-0.4, -0.2) is 25.4 Å². The summed E-state index contributed by atoms with van der Waals surface area (Å²) in [5.41, 5.74) is 0.0427. The molecule has 0 aromatic carbocycles. The van der Waals surface area contributed by atoms with Gasteiger partial charge in [0, 0.05) is 7.11 Å². The zero-order valence-corrected chi connectivity index (χ0v) is 6.57. The number of allylic oxidation sites excluding steroid dienone is 1. The predicted molar refractivity (Wildman–Crippen MR) is 38.2 cm³/mol. The van der Waals surface area contributed by atoms with Gasteiger partial charge in [-0.05, 0) is 0 Å². The summed E-state index contributed by atoms with van der Waals surface area (Å²) in [4.78, 5) is 2.73. The molecule has 0 aromatic heterocycles. The molecule has 0 atom stereocenters. The number of rotatable bonds is 4. The number of diazo groups is 1. The van der Waals surface area contributed by atoms with Crippen LogP contribution in [0.15, 0.2) is 11.6 Å². The molecule has 0 saturated carbocycles. The van der Waals surface area contributed by atoms with E-state index >= 15 is 0 Å². The number of ether oxygens (including phenoxy) is 2. The van der Waals surface area contributed by atoms with Crippen molar-refractivity contribution in [3.05, 3.63) is 16.6 Å². The first-order chi connectivity index (χ1) is 5.22. The van der Waals surface area contributed by atoms with Gasteiger partial charge in [0.2, 0.25) is 5.39 Å². The Bertz CT molecular complexity index is 183. The first kappa shape index (κ1) is 9.72. The third-order valence-electron chi connectivity index (χ3n) is 0.986. The third-order valence-corrected chi connectivity index (χ3v) is 0.986. The average Bonchev–Trinajstić information content (AvgIpc) is 2.03. The Labute approximate surface area is 64.9 Å². The highest BCUT2D eigenvalue weighted by Crippen LogP contribution is 2.02. The van der Waals surface area contributed by atoms with E-state index in [2.05, 4.69) is 9.71 Å². The molecular weight excluding hydrogens is 148 g/mol. The van der Waals surface area contributed by atoms with Gasteiger partial charge in [0.15, 0.2) is 4.98 Å². The summed E-state index contributed by atoms with van der Waals surface area (Å²) in [5, 5.41) is 17.1. The largest absolute Gasteiger partial charge is 0.475 e. The minimum atomic E-state index is -0.385. The van der Waals surface area contributed by atoms with Crippen molar-refractivity contribution in [2.75, 3.05) is 20.3 Å². The second-order valence-corrected chi connectivity index (χ2v) is 1.83. The number of nitrogens with zero attached hydrogens (tertiary/aromatic N) is 2. The summed E-state index contributed by atoms with van der Waals surface area (Å²) in [6.07, 6.45) is 0. The lowest BCUT2D eigenvalue weighted by atomic mass is 10.5. The molecule has 1 N–H and O–H groups in total. The summed E-state index contributed by atoms with van der Waals surface area (Å²) < 4.78 is 9.35. The second-order valence-electron chi connectivity index (χ2n) is 1.83. The molecular formula is C6H11N2O3+. The standard InChI is InChI=1S/C6H10N2O3/c1-5(8-7)6(9)11-4-3-10-2/h3-4H2,1-2H3/p+1/b6-5-. The molecule has 0 heterocycles. The van der Waals surface area contributed by atoms with Crippen LogP contribution in [0.25, 0.3) is 4.98 Å². The lowest BCUT2D eigenvalue weighted by Gasteiger charge is -1.99. The molecule has 5 nitrogen and oxygen atoms in total. The number of hydrogen-bond acceptors (Lipinski definition) is 4. The van der Waals surface area contributed by atoms with E-state index in [-0.39, 0.29) is 18.2 Å². The molecule has 62 valence electrons. The Kier molecular flexibility index (Phi) is 4.86. The zero-order valence-electron chi connectivity index (χ0n) is 6.57. The molecule has 0 aliphatic rings. The lowest BCUT2D eigenvalue weighted by molar-refractivity contribution is 0.0496. The first-order valence-corrected chi connectivity index (χ1v) is 3.09. The van der Waals surface area contributed by atoms with Crippen LogP contribution in [0, 0.1) is 5.39 Å². The molecule has 0 aliphatic heterocycles. The molecule has 0 fully saturated rings. The van der Waals surface area contributed by atoms with Gasteiger partial charge in [-0.15, -0.1) is 0 Å². The Balaban J connectivity index is 3.70. The van der Waals surface area contributed by atoms with Gasteiger partial charge in [0.1, 0.15) is 6.61 Å². The van der Waals surface area contributed by atoms with Crippen LogP contribution >= 0.6 is 0 Å². The molecule has 0 unspecified atom stereocenters. The Morgan fingerprint density at radius 1 is 1.55 bits per heavy atom. The quantitative estimate of drug-likeness (QED) is 0.381.